The number of aliphatic hydroxyl groups is 1. The molecule has 3 heteroatoms. The summed E-state index contributed by atoms with van der Waals surface area (Å²) in [6.45, 7) is 7.43. The Labute approximate surface area is 111 Å². The van der Waals surface area contributed by atoms with Gasteiger partial charge in [-0.05, 0) is 49.8 Å². The van der Waals surface area contributed by atoms with Crippen LogP contribution in [0.2, 0.25) is 0 Å². The average Bonchev–Trinajstić information content (AvgIpc) is 2.28. The van der Waals surface area contributed by atoms with Gasteiger partial charge in [0.2, 0.25) is 0 Å². The first-order chi connectivity index (χ1) is 7.99. The zero-order chi connectivity index (χ0) is 12.9. The molecule has 0 spiro atoms. The predicted octanol–water partition coefficient (Wildman–Crippen LogP) is 2.90. The van der Waals surface area contributed by atoms with Gasteiger partial charge in [0.25, 0.3) is 0 Å². The van der Waals surface area contributed by atoms with Crippen molar-refractivity contribution in [2.45, 2.75) is 57.7 Å². The van der Waals surface area contributed by atoms with Gasteiger partial charge in [-0.25, -0.2) is 0 Å². The molecule has 1 saturated carbocycles. The zero-order valence-electron chi connectivity index (χ0n) is 11.8. The van der Waals surface area contributed by atoms with Crippen molar-refractivity contribution in [1.82, 2.24) is 5.32 Å². The van der Waals surface area contributed by atoms with Crippen LogP contribution in [0, 0.1) is 11.3 Å². The van der Waals surface area contributed by atoms with Gasteiger partial charge in [-0.2, -0.15) is 11.8 Å². The third-order valence-corrected chi connectivity index (χ3v) is 5.50. The van der Waals surface area contributed by atoms with E-state index in [1.54, 1.807) is 0 Å². The molecule has 0 aromatic carbocycles. The molecule has 0 aliphatic heterocycles. The molecule has 0 bridgehead atoms. The number of hydrogen-bond acceptors (Lipinski definition) is 3. The third kappa shape index (κ3) is 4.80. The fourth-order valence-electron chi connectivity index (χ4n) is 2.73. The SMILES string of the molecule is CNC1CCC(C(C)(C)C)CC1SCCCO. The average molecular weight is 259 g/mol. The Balaban J connectivity index is 2.49. The monoisotopic (exact) mass is 259 g/mol. The van der Waals surface area contributed by atoms with E-state index in [2.05, 4.69) is 44.9 Å². The van der Waals surface area contributed by atoms with Crippen LogP contribution >= 0.6 is 11.8 Å². The minimum atomic E-state index is 0.326. The normalized spacial score (nSPS) is 30.5. The molecule has 0 radical (unpaired) electrons. The van der Waals surface area contributed by atoms with Gasteiger partial charge in [0.1, 0.15) is 0 Å². The molecule has 1 aliphatic carbocycles. The Hall–Kier alpha value is 0.270. The molecule has 1 rings (SSSR count). The fraction of sp³-hybridized carbons (Fsp3) is 1.00. The highest BCUT2D eigenvalue weighted by atomic mass is 32.2. The molecule has 0 heterocycles. The van der Waals surface area contributed by atoms with Crippen LogP contribution in [0.4, 0.5) is 0 Å². The minimum absolute atomic E-state index is 0.326. The van der Waals surface area contributed by atoms with Crippen LogP contribution in [0.25, 0.3) is 0 Å². The standard InChI is InChI=1S/C14H29NOS/c1-14(2,3)11-6-7-12(15-4)13(10-11)17-9-5-8-16/h11-13,15-16H,5-10H2,1-4H3. The summed E-state index contributed by atoms with van der Waals surface area (Å²) in [4.78, 5) is 0. The van der Waals surface area contributed by atoms with Crippen LogP contribution in [-0.4, -0.2) is 35.8 Å². The Morgan fingerprint density at radius 1 is 1.29 bits per heavy atom. The number of nitrogens with one attached hydrogen (secondary N) is 1. The van der Waals surface area contributed by atoms with E-state index < -0.39 is 0 Å². The molecule has 17 heavy (non-hydrogen) atoms. The van der Waals surface area contributed by atoms with Crippen molar-refractivity contribution in [3.8, 4) is 0 Å². The fourth-order valence-corrected chi connectivity index (χ4v) is 4.20. The van der Waals surface area contributed by atoms with Gasteiger partial charge in [-0.15, -0.1) is 0 Å². The van der Waals surface area contributed by atoms with E-state index >= 15 is 0 Å². The molecule has 0 saturated heterocycles. The molecule has 3 unspecified atom stereocenters. The molecule has 0 amide bonds. The summed E-state index contributed by atoms with van der Waals surface area (Å²) < 4.78 is 0. The van der Waals surface area contributed by atoms with Crippen molar-refractivity contribution in [3.05, 3.63) is 0 Å². The van der Waals surface area contributed by atoms with Crippen LogP contribution in [0.3, 0.4) is 0 Å². The molecule has 102 valence electrons. The summed E-state index contributed by atoms with van der Waals surface area (Å²) in [6, 6.07) is 0.664. The van der Waals surface area contributed by atoms with Crippen LogP contribution in [0.1, 0.15) is 46.5 Å². The number of thioether (sulfide) groups is 1. The Morgan fingerprint density at radius 3 is 2.53 bits per heavy atom. The predicted molar refractivity (Wildman–Crippen MR) is 77.6 cm³/mol. The second-order valence-corrected chi connectivity index (χ2v) is 7.60. The lowest BCUT2D eigenvalue weighted by Gasteiger charge is -2.41. The summed E-state index contributed by atoms with van der Waals surface area (Å²) >= 11 is 2.05. The van der Waals surface area contributed by atoms with Crippen molar-refractivity contribution in [2.75, 3.05) is 19.4 Å². The van der Waals surface area contributed by atoms with Gasteiger partial charge in [-0.1, -0.05) is 20.8 Å². The third-order valence-electron chi connectivity index (χ3n) is 4.02. The first-order valence-corrected chi connectivity index (χ1v) is 7.93. The largest absolute Gasteiger partial charge is 0.396 e. The van der Waals surface area contributed by atoms with Crippen molar-refractivity contribution in [3.63, 3.8) is 0 Å². The van der Waals surface area contributed by atoms with Gasteiger partial charge < -0.3 is 10.4 Å². The summed E-state index contributed by atoms with van der Waals surface area (Å²) in [7, 11) is 2.09. The van der Waals surface area contributed by atoms with Crippen molar-refractivity contribution < 1.29 is 5.11 Å². The summed E-state index contributed by atoms with van der Waals surface area (Å²) in [5.41, 5.74) is 0.439. The topological polar surface area (TPSA) is 32.3 Å². The Bertz CT molecular complexity index is 215. The van der Waals surface area contributed by atoms with Crippen LogP contribution in [-0.2, 0) is 0 Å². The molecule has 1 aliphatic rings. The van der Waals surface area contributed by atoms with Gasteiger partial charge >= 0.3 is 0 Å². The lowest BCUT2D eigenvalue weighted by atomic mass is 9.71. The summed E-state index contributed by atoms with van der Waals surface area (Å²) in [5.74, 6) is 1.94. The quantitative estimate of drug-likeness (QED) is 0.745. The summed E-state index contributed by atoms with van der Waals surface area (Å²) in [5, 5.41) is 13.1. The van der Waals surface area contributed by atoms with Crippen molar-refractivity contribution >= 4 is 11.8 Å². The van der Waals surface area contributed by atoms with E-state index in [9.17, 15) is 0 Å². The summed E-state index contributed by atoms with van der Waals surface area (Å²) in [6.07, 6.45) is 4.91. The first kappa shape index (κ1) is 15.3. The van der Waals surface area contributed by atoms with Gasteiger partial charge in [0.15, 0.2) is 0 Å². The maximum atomic E-state index is 8.87. The maximum absolute atomic E-state index is 8.87. The van der Waals surface area contributed by atoms with E-state index in [4.69, 9.17) is 5.11 Å². The molecular weight excluding hydrogens is 230 g/mol. The second kappa shape index (κ2) is 7.01. The molecule has 1 fully saturated rings. The van der Waals surface area contributed by atoms with Crippen LogP contribution in [0.15, 0.2) is 0 Å². The van der Waals surface area contributed by atoms with E-state index in [1.807, 2.05) is 0 Å². The highest BCUT2D eigenvalue weighted by Crippen LogP contribution is 2.41. The van der Waals surface area contributed by atoms with Crippen molar-refractivity contribution in [1.29, 1.82) is 0 Å². The lowest BCUT2D eigenvalue weighted by molar-refractivity contribution is 0.167. The Kier molecular flexibility index (Phi) is 6.32. The molecule has 0 aromatic heterocycles. The number of aliphatic hydroxyl groups excluding tert-OH is 1. The highest BCUT2D eigenvalue weighted by molar-refractivity contribution is 7.99. The smallest absolute Gasteiger partial charge is 0.0438 e. The maximum Gasteiger partial charge on any atom is 0.0438 e. The second-order valence-electron chi connectivity index (χ2n) is 6.26. The lowest BCUT2D eigenvalue weighted by Crippen LogP contribution is -2.43. The van der Waals surface area contributed by atoms with Crippen LogP contribution < -0.4 is 5.32 Å². The van der Waals surface area contributed by atoms with E-state index in [0.29, 0.717) is 18.1 Å². The number of hydrogen-bond donors (Lipinski definition) is 2. The number of rotatable bonds is 5. The highest BCUT2D eigenvalue weighted by Gasteiger charge is 2.35. The van der Waals surface area contributed by atoms with Gasteiger partial charge in [0.05, 0.1) is 0 Å². The van der Waals surface area contributed by atoms with E-state index in [0.717, 1.165) is 23.3 Å². The Morgan fingerprint density at radius 2 is 2.00 bits per heavy atom. The molecule has 2 nitrogen and oxygen atoms in total. The minimum Gasteiger partial charge on any atom is -0.396 e. The molecule has 3 atom stereocenters. The molecule has 2 N–H and O–H groups in total. The van der Waals surface area contributed by atoms with E-state index in [-0.39, 0.29) is 0 Å². The van der Waals surface area contributed by atoms with Gasteiger partial charge in [0, 0.05) is 17.9 Å². The van der Waals surface area contributed by atoms with E-state index in [1.165, 1.54) is 19.3 Å². The molecular formula is C14H29NOS. The van der Waals surface area contributed by atoms with Crippen molar-refractivity contribution in [2.24, 2.45) is 11.3 Å². The van der Waals surface area contributed by atoms with Gasteiger partial charge in [-0.3, -0.25) is 0 Å². The zero-order valence-corrected chi connectivity index (χ0v) is 12.6. The molecule has 0 aromatic rings. The van der Waals surface area contributed by atoms with Crippen LogP contribution in [0.5, 0.6) is 0 Å². The first-order valence-electron chi connectivity index (χ1n) is 6.88.